The number of aromatic nitrogens is 1. The number of pyridine rings is 1. The van der Waals surface area contributed by atoms with E-state index >= 15 is 0 Å². The largest absolute Gasteiger partial charge is 0.384 e. The van der Waals surface area contributed by atoms with Crippen molar-refractivity contribution < 1.29 is 9.72 Å². The summed E-state index contributed by atoms with van der Waals surface area (Å²) in [6.45, 7) is 1.89. The molecule has 1 aliphatic rings. The van der Waals surface area contributed by atoms with E-state index in [4.69, 9.17) is 5.73 Å². The molecule has 3 N–H and O–H groups in total. The van der Waals surface area contributed by atoms with Crippen LogP contribution in [0.15, 0.2) is 12.3 Å². The van der Waals surface area contributed by atoms with Crippen molar-refractivity contribution in [2.75, 3.05) is 5.73 Å². The summed E-state index contributed by atoms with van der Waals surface area (Å²) in [5.41, 5.74) is 5.08. The average Bonchev–Trinajstić information content (AvgIpc) is 3.11. The first-order chi connectivity index (χ1) is 8.49. The predicted molar refractivity (Wildman–Crippen MR) is 65.0 cm³/mol. The monoisotopic (exact) mass is 250 g/mol. The van der Waals surface area contributed by atoms with Gasteiger partial charge in [0.25, 0.3) is 11.6 Å². The van der Waals surface area contributed by atoms with Gasteiger partial charge in [0.15, 0.2) is 0 Å². The van der Waals surface area contributed by atoms with Gasteiger partial charge in [-0.3, -0.25) is 14.9 Å². The normalized spacial score (nSPS) is 16.1. The van der Waals surface area contributed by atoms with Crippen molar-refractivity contribution in [1.82, 2.24) is 10.3 Å². The highest BCUT2D eigenvalue weighted by Gasteiger charge is 2.30. The highest BCUT2D eigenvalue weighted by Crippen LogP contribution is 2.32. The van der Waals surface area contributed by atoms with Crippen LogP contribution in [0, 0.1) is 16.0 Å². The SMILES string of the molecule is CC(NC(=O)c1cc(N)ncc1[N+](=O)[O-])C1CC1. The topological polar surface area (TPSA) is 111 Å². The van der Waals surface area contributed by atoms with Crippen molar-refractivity contribution in [2.24, 2.45) is 5.92 Å². The van der Waals surface area contributed by atoms with E-state index in [2.05, 4.69) is 10.3 Å². The molecule has 1 atom stereocenters. The summed E-state index contributed by atoms with van der Waals surface area (Å²) < 4.78 is 0. The molecular formula is C11H14N4O3. The van der Waals surface area contributed by atoms with Gasteiger partial charge in [-0.2, -0.15) is 0 Å². The fourth-order valence-electron chi connectivity index (χ4n) is 1.79. The molecule has 1 fully saturated rings. The highest BCUT2D eigenvalue weighted by atomic mass is 16.6. The van der Waals surface area contributed by atoms with Crippen molar-refractivity contribution in [3.05, 3.63) is 27.9 Å². The Labute approximate surface area is 104 Å². The molecule has 7 heteroatoms. The van der Waals surface area contributed by atoms with Crippen LogP contribution in [0.1, 0.15) is 30.1 Å². The van der Waals surface area contributed by atoms with E-state index in [0.29, 0.717) is 5.92 Å². The summed E-state index contributed by atoms with van der Waals surface area (Å²) in [7, 11) is 0. The fraction of sp³-hybridized carbons (Fsp3) is 0.455. The molecule has 7 nitrogen and oxygen atoms in total. The molecule has 1 heterocycles. The number of rotatable bonds is 4. The van der Waals surface area contributed by atoms with Crippen LogP contribution in [0.3, 0.4) is 0 Å². The van der Waals surface area contributed by atoms with Crippen LogP contribution in [0.5, 0.6) is 0 Å². The van der Waals surface area contributed by atoms with E-state index in [-0.39, 0.29) is 23.1 Å². The number of hydrogen-bond acceptors (Lipinski definition) is 5. The second-order valence-corrected chi connectivity index (χ2v) is 4.48. The van der Waals surface area contributed by atoms with Gasteiger partial charge in [-0.1, -0.05) is 0 Å². The highest BCUT2D eigenvalue weighted by molar-refractivity contribution is 5.98. The minimum absolute atomic E-state index is 0.0199. The molecule has 0 aliphatic heterocycles. The summed E-state index contributed by atoms with van der Waals surface area (Å²) in [6, 6.07) is 1.25. The Bertz CT molecular complexity index is 499. The van der Waals surface area contributed by atoms with Crippen molar-refractivity contribution in [3.63, 3.8) is 0 Å². The summed E-state index contributed by atoms with van der Waals surface area (Å²) in [5, 5.41) is 13.6. The maximum absolute atomic E-state index is 12.0. The molecular weight excluding hydrogens is 236 g/mol. The molecule has 1 unspecified atom stereocenters. The molecule has 1 aromatic heterocycles. The summed E-state index contributed by atoms with van der Waals surface area (Å²) in [6.07, 6.45) is 3.18. The lowest BCUT2D eigenvalue weighted by Crippen LogP contribution is -2.34. The Morgan fingerprint density at radius 1 is 1.67 bits per heavy atom. The maximum Gasteiger partial charge on any atom is 0.300 e. The minimum Gasteiger partial charge on any atom is -0.384 e. The van der Waals surface area contributed by atoms with Crippen molar-refractivity contribution in [2.45, 2.75) is 25.8 Å². The number of nitrogens with two attached hydrogens (primary N) is 1. The molecule has 0 spiro atoms. The molecule has 1 aliphatic carbocycles. The van der Waals surface area contributed by atoms with E-state index < -0.39 is 10.8 Å². The van der Waals surface area contributed by atoms with Gasteiger partial charge in [-0.15, -0.1) is 0 Å². The second kappa shape index (κ2) is 4.59. The van der Waals surface area contributed by atoms with Crippen LogP contribution in [-0.2, 0) is 0 Å². The van der Waals surface area contributed by atoms with Crippen LogP contribution in [0.2, 0.25) is 0 Å². The quantitative estimate of drug-likeness (QED) is 0.614. The Kier molecular flexibility index (Phi) is 3.14. The predicted octanol–water partition coefficient (Wildman–Crippen LogP) is 1.10. The lowest BCUT2D eigenvalue weighted by Gasteiger charge is -2.12. The number of carbonyl (C=O) groups is 1. The zero-order valence-electron chi connectivity index (χ0n) is 9.92. The van der Waals surface area contributed by atoms with E-state index in [0.717, 1.165) is 19.0 Å². The van der Waals surface area contributed by atoms with E-state index in [1.54, 1.807) is 0 Å². The third kappa shape index (κ3) is 2.55. The van der Waals surface area contributed by atoms with Crippen LogP contribution < -0.4 is 11.1 Å². The Morgan fingerprint density at radius 3 is 2.89 bits per heavy atom. The van der Waals surface area contributed by atoms with Crippen LogP contribution in [0.25, 0.3) is 0 Å². The zero-order chi connectivity index (χ0) is 13.3. The first-order valence-corrected chi connectivity index (χ1v) is 5.70. The Morgan fingerprint density at radius 2 is 2.33 bits per heavy atom. The van der Waals surface area contributed by atoms with Crippen LogP contribution in [0.4, 0.5) is 11.5 Å². The minimum atomic E-state index is -0.636. The Balaban J connectivity index is 2.22. The Hall–Kier alpha value is -2.18. The molecule has 0 saturated heterocycles. The number of nitrogen functional groups attached to an aromatic ring is 1. The number of hydrogen-bond donors (Lipinski definition) is 2. The molecule has 18 heavy (non-hydrogen) atoms. The van der Waals surface area contributed by atoms with Gasteiger partial charge in [0.1, 0.15) is 17.6 Å². The van der Waals surface area contributed by atoms with Crippen molar-refractivity contribution >= 4 is 17.4 Å². The smallest absolute Gasteiger partial charge is 0.300 e. The number of carbonyl (C=O) groups excluding carboxylic acids is 1. The van der Waals surface area contributed by atoms with Gasteiger partial charge in [0.2, 0.25) is 0 Å². The standard InChI is InChI=1S/C11H14N4O3/c1-6(7-2-3-7)14-11(16)8-4-10(12)13-5-9(8)15(17)18/h4-7H,2-3H2,1H3,(H2,12,13)(H,14,16). The van der Waals surface area contributed by atoms with Gasteiger partial charge in [-0.05, 0) is 31.7 Å². The summed E-state index contributed by atoms with van der Waals surface area (Å²) in [4.78, 5) is 25.8. The number of anilines is 1. The van der Waals surface area contributed by atoms with Crippen LogP contribution in [-0.4, -0.2) is 21.9 Å². The van der Waals surface area contributed by atoms with Gasteiger partial charge in [0, 0.05) is 6.04 Å². The molecule has 1 aromatic rings. The summed E-state index contributed by atoms with van der Waals surface area (Å²) >= 11 is 0. The average molecular weight is 250 g/mol. The van der Waals surface area contributed by atoms with Crippen molar-refractivity contribution in [3.8, 4) is 0 Å². The molecule has 0 radical (unpaired) electrons. The fourth-order valence-corrected chi connectivity index (χ4v) is 1.79. The third-order valence-electron chi connectivity index (χ3n) is 3.03. The van der Waals surface area contributed by atoms with Gasteiger partial charge < -0.3 is 11.1 Å². The van der Waals surface area contributed by atoms with Gasteiger partial charge in [0.05, 0.1) is 4.92 Å². The van der Waals surface area contributed by atoms with Gasteiger partial charge in [-0.25, -0.2) is 4.98 Å². The number of nitrogens with zero attached hydrogens (tertiary/aromatic N) is 2. The van der Waals surface area contributed by atoms with Crippen molar-refractivity contribution in [1.29, 1.82) is 0 Å². The first kappa shape index (κ1) is 12.3. The molecule has 0 aromatic carbocycles. The molecule has 0 bridgehead atoms. The molecule has 2 rings (SSSR count). The van der Waals surface area contributed by atoms with Crippen LogP contribution >= 0.6 is 0 Å². The number of nitro groups is 1. The zero-order valence-corrected chi connectivity index (χ0v) is 9.92. The lowest BCUT2D eigenvalue weighted by molar-refractivity contribution is -0.385. The maximum atomic E-state index is 12.0. The van der Waals surface area contributed by atoms with E-state index in [1.165, 1.54) is 6.07 Å². The second-order valence-electron chi connectivity index (χ2n) is 4.48. The number of amides is 1. The summed E-state index contributed by atoms with van der Waals surface area (Å²) in [5.74, 6) is 0.0900. The number of nitrogens with one attached hydrogen (secondary N) is 1. The van der Waals surface area contributed by atoms with E-state index in [9.17, 15) is 14.9 Å². The lowest BCUT2D eigenvalue weighted by atomic mass is 10.1. The molecule has 1 saturated carbocycles. The molecule has 96 valence electrons. The first-order valence-electron chi connectivity index (χ1n) is 5.70. The van der Waals surface area contributed by atoms with Gasteiger partial charge >= 0.3 is 0 Å². The molecule has 1 amide bonds. The third-order valence-corrected chi connectivity index (χ3v) is 3.03. The van der Waals surface area contributed by atoms with E-state index in [1.807, 2.05) is 6.92 Å².